The van der Waals surface area contributed by atoms with Crippen LogP contribution in [-0.2, 0) is 0 Å². The Morgan fingerprint density at radius 1 is 1.20 bits per heavy atom. The monoisotopic (exact) mass is 250 g/mol. The summed E-state index contributed by atoms with van der Waals surface area (Å²) in [4.78, 5) is 19.6. The molecule has 15 heavy (non-hydrogen) atoms. The minimum absolute atomic E-state index is 0.0257. The maximum atomic E-state index is 10.5. The van der Waals surface area contributed by atoms with Crippen LogP contribution in [0.2, 0.25) is 10.0 Å². The zero-order valence-corrected chi connectivity index (χ0v) is 8.87. The van der Waals surface area contributed by atoms with E-state index in [1.54, 1.807) is 0 Å². The fourth-order valence-electron chi connectivity index (χ4n) is 1.05. The van der Waals surface area contributed by atoms with E-state index in [-0.39, 0.29) is 21.3 Å². The molecular formula is C7H4Cl2N2O4. The van der Waals surface area contributed by atoms with E-state index in [0.29, 0.717) is 0 Å². The molecule has 0 saturated carbocycles. The lowest BCUT2D eigenvalue weighted by Crippen LogP contribution is -1.97. The maximum absolute atomic E-state index is 10.5. The Bertz CT molecular complexity index is 461. The SMILES string of the molecule is Cc1c([N+](=O)[O-])cc(Cl)c([N+](=O)[O-])c1Cl. The molecule has 1 aromatic rings. The lowest BCUT2D eigenvalue weighted by Gasteiger charge is -2.02. The molecule has 0 aliphatic carbocycles. The van der Waals surface area contributed by atoms with Gasteiger partial charge < -0.3 is 0 Å². The molecule has 0 atom stereocenters. The number of nitrogens with zero attached hydrogens (tertiary/aromatic N) is 2. The van der Waals surface area contributed by atoms with Crippen molar-refractivity contribution in [3.63, 3.8) is 0 Å². The number of benzene rings is 1. The number of halogens is 2. The minimum atomic E-state index is -0.776. The lowest BCUT2D eigenvalue weighted by molar-refractivity contribution is -0.389. The van der Waals surface area contributed by atoms with Crippen molar-refractivity contribution in [2.75, 3.05) is 0 Å². The van der Waals surface area contributed by atoms with Crippen molar-refractivity contribution in [3.8, 4) is 0 Å². The molecule has 8 heteroatoms. The molecule has 0 aliphatic rings. The summed E-state index contributed by atoms with van der Waals surface area (Å²) in [6.45, 7) is 1.32. The highest BCUT2D eigenvalue weighted by atomic mass is 35.5. The van der Waals surface area contributed by atoms with E-state index in [1.165, 1.54) is 6.92 Å². The van der Waals surface area contributed by atoms with E-state index >= 15 is 0 Å². The smallest absolute Gasteiger partial charge is 0.258 e. The Morgan fingerprint density at radius 3 is 2.13 bits per heavy atom. The van der Waals surface area contributed by atoms with Gasteiger partial charge in [-0.3, -0.25) is 20.2 Å². The van der Waals surface area contributed by atoms with Gasteiger partial charge in [0, 0.05) is 6.07 Å². The van der Waals surface area contributed by atoms with Crippen LogP contribution in [0.1, 0.15) is 5.56 Å². The van der Waals surface area contributed by atoms with E-state index in [2.05, 4.69) is 0 Å². The molecule has 1 rings (SSSR count). The summed E-state index contributed by atoms with van der Waals surface area (Å²) in [6.07, 6.45) is 0. The first-order valence-corrected chi connectivity index (χ1v) is 4.39. The first-order chi connectivity index (χ1) is 6.86. The van der Waals surface area contributed by atoms with E-state index in [9.17, 15) is 20.2 Å². The Labute approximate surface area is 93.7 Å². The van der Waals surface area contributed by atoms with Crippen molar-refractivity contribution in [2.45, 2.75) is 6.92 Å². The van der Waals surface area contributed by atoms with Gasteiger partial charge in [0.05, 0.1) is 15.4 Å². The van der Waals surface area contributed by atoms with Gasteiger partial charge in [0.25, 0.3) is 5.69 Å². The molecule has 0 spiro atoms. The number of rotatable bonds is 2. The van der Waals surface area contributed by atoms with Crippen molar-refractivity contribution in [2.24, 2.45) is 0 Å². The van der Waals surface area contributed by atoms with Gasteiger partial charge in [0.1, 0.15) is 10.0 Å². The third kappa shape index (κ3) is 2.00. The summed E-state index contributed by atoms with van der Waals surface area (Å²) in [5, 5.41) is 20.4. The molecule has 6 nitrogen and oxygen atoms in total. The van der Waals surface area contributed by atoms with Crippen LogP contribution < -0.4 is 0 Å². The van der Waals surface area contributed by atoms with Crippen molar-refractivity contribution in [1.29, 1.82) is 0 Å². The Hall–Kier alpha value is -1.40. The maximum Gasteiger partial charge on any atom is 0.307 e. The van der Waals surface area contributed by atoms with Crippen LogP contribution in [-0.4, -0.2) is 9.85 Å². The molecule has 0 heterocycles. The van der Waals surface area contributed by atoms with E-state index in [4.69, 9.17) is 23.2 Å². The van der Waals surface area contributed by atoms with Gasteiger partial charge in [-0.05, 0) is 6.92 Å². The van der Waals surface area contributed by atoms with Gasteiger partial charge in [-0.25, -0.2) is 0 Å². The molecule has 0 aliphatic heterocycles. The first kappa shape index (κ1) is 11.7. The molecule has 1 aromatic carbocycles. The van der Waals surface area contributed by atoms with E-state index < -0.39 is 15.5 Å². The molecule has 0 unspecified atom stereocenters. The summed E-state index contributed by atoms with van der Waals surface area (Å²) in [5.41, 5.74) is -0.824. The predicted octanol–water partition coefficient (Wildman–Crippen LogP) is 3.12. The van der Waals surface area contributed by atoms with E-state index in [1.807, 2.05) is 0 Å². The van der Waals surface area contributed by atoms with Crippen LogP contribution in [0.4, 0.5) is 11.4 Å². The fraction of sp³-hybridized carbons (Fsp3) is 0.143. The fourth-order valence-corrected chi connectivity index (χ4v) is 1.63. The molecule has 0 radical (unpaired) electrons. The Balaban J connectivity index is 3.58. The minimum Gasteiger partial charge on any atom is -0.258 e. The predicted molar refractivity (Wildman–Crippen MR) is 54.5 cm³/mol. The van der Waals surface area contributed by atoms with Crippen molar-refractivity contribution in [1.82, 2.24) is 0 Å². The number of hydrogen-bond acceptors (Lipinski definition) is 4. The number of hydrogen-bond donors (Lipinski definition) is 0. The summed E-state index contributed by atoms with van der Waals surface area (Å²) in [5.74, 6) is 0. The second kappa shape index (κ2) is 4.00. The summed E-state index contributed by atoms with van der Waals surface area (Å²) in [7, 11) is 0. The normalized spacial score (nSPS) is 10.1. The van der Waals surface area contributed by atoms with Crippen LogP contribution in [0.25, 0.3) is 0 Å². The molecule has 0 saturated heterocycles. The second-order valence-electron chi connectivity index (χ2n) is 2.68. The molecule has 0 amide bonds. The lowest BCUT2D eigenvalue weighted by atomic mass is 10.2. The summed E-state index contributed by atoms with van der Waals surface area (Å²) >= 11 is 11.1. The third-order valence-corrected chi connectivity index (χ3v) is 2.54. The molecule has 0 fully saturated rings. The highest BCUT2D eigenvalue weighted by molar-refractivity contribution is 6.39. The van der Waals surface area contributed by atoms with Crippen LogP contribution in [0, 0.1) is 27.2 Å². The van der Waals surface area contributed by atoms with Crippen LogP contribution in [0.5, 0.6) is 0 Å². The molecular weight excluding hydrogens is 247 g/mol. The Kier molecular flexibility index (Phi) is 3.11. The standard InChI is InChI=1S/C7H4Cl2N2O4/c1-3-5(10(12)13)2-4(8)7(6(3)9)11(14)15/h2H,1H3. The zero-order chi connectivity index (χ0) is 11.7. The average molecular weight is 251 g/mol. The zero-order valence-electron chi connectivity index (χ0n) is 7.36. The number of nitro benzene ring substituents is 2. The highest BCUT2D eigenvalue weighted by Crippen LogP contribution is 2.39. The van der Waals surface area contributed by atoms with Gasteiger partial charge in [-0.15, -0.1) is 0 Å². The van der Waals surface area contributed by atoms with Gasteiger partial charge in [0.2, 0.25) is 0 Å². The summed E-state index contributed by atoms with van der Waals surface area (Å²) in [6, 6.07) is 0.918. The second-order valence-corrected chi connectivity index (χ2v) is 3.46. The molecule has 80 valence electrons. The van der Waals surface area contributed by atoms with Crippen molar-refractivity contribution >= 4 is 34.6 Å². The third-order valence-electron chi connectivity index (χ3n) is 1.79. The van der Waals surface area contributed by atoms with Crippen LogP contribution >= 0.6 is 23.2 Å². The summed E-state index contributed by atoms with van der Waals surface area (Å²) < 4.78 is 0. The van der Waals surface area contributed by atoms with Gasteiger partial charge >= 0.3 is 5.69 Å². The van der Waals surface area contributed by atoms with Crippen LogP contribution in [0.3, 0.4) is 0 Å². The van der Waals surface area contributed by atoms with Gasteiger partial charge in [-0.2, -0.15) is 0 Å². The topological polar surface area (TPSA) is 86.3 Å². The van der Waals surface area contributed by atoms with E-state index in [0.717, 1.165) is 6.07 Å². The quantitative estimate of drug-likeness (QED) is 0.596. The Morgan fingerprint density at radius 2 is 1.73 bits per heavy atom. The van der Waals surface area contributed by atoms with Gasteiger partial charge in [-0.1, -0.05) is 23.2 Å². The average Bonchev–Trinajstić information content (AvgIpc) is 2.10. The molecule has 0 N–H and O–H groups in total. The molecule has 0 aromatic heterocycles. The largest absolute Gasteiger partial charge is 0.307 e. The van der Waals surface area contributed by atoms with Crippen molar-refractivity contribution in [3.05, 3.63) is 41.9 Å². The highest BCUT2D eigenvalue weighted by Gasteiger charge is 2.26. The number of nitro groups is 2. The van der Waals surface area contributed by atoms with Crippen LogP contribution in [0.15, 0.2) is 6.07 Å². The van der Waals surface area contributed by atoms with Gasteiger partial charge in [0.15, 0.2) is 0 Å². The first-order valence-electron chi connectivity index (χ1n) is 3.63. The van der Waals surface area contributed by atoms with Crippen molar-refractivity contribution < 1.29 is 9.85 Å². The molecule has 0 bridgehead atoms.